The number of ether oxygens (including phenoxy) is 1. The zero-order valence-electron chi connectivity index (χ0n) is 11.5. The Kier molecular flexibility index (Phi) is 5.97. The molecule has 1 aromatic carbocycles. The molecule has 0 aliphatic rings. The first kappa shape index (κ1) is 16.9. The standard InChI is InChI=1S/C12H17BrN2O4S/c1-9-6-10(13)8-11(7-9)14-20(17,18)15(2)5-4-12(16)19-3/h6-8,14H,4-5H2,1-3H3. The van der Waals surface area contributed by atoms with E-state index in [9.17, 15) is 13.2 Å². The molecule has 0 radical (unpaired) electrons. The Bertz CT molecular complexity index is 569. The van der Waals surface area contributed by atoms with Crippen LogP contribution in [0.1, 0.15) is 12.0 Å². The van der Waals surface area contributed by atoms with E-state index >= 15 is 0 Å². The molecule has 112 valence electrons. The van der Waals surface area contributed by atoms with Crippen molar-refractivity contribution in [3.8, 4) is 0 Å². The summed E-state index contributed by atoms with van der Waals surface area (Å²) in [7, 11) is -1.03. The summed E-state index contributed by atoms with van der Waals surface area (Å²) in [5.74, 6) is -0.453. The Labute approximate surface area is 127 Å². The Morgan fingerprint density at radius 3 is 2.60 bits per heavy atom. The van der Waals surface area contributed by atoms with E-state index in [-0.39, 0.29) is 13.0 Å². The predicted molar refractivity (Wildman–Crippen MR) is 80.7 cm³/mol. The number of benzene rings is 1. The van der Waals surface area contributed by atoms with E-state index in [0.717, 1.165) is 14.3 Å². The fraction of sp³-hybridized carbons (Fsp3) is 0.417. The summed E-state index contributed by atoms with van der Waals surface area (Å²) >= 11 is 3.31. The second-order valence-electron chi connectivity index (χ2n) is 4.27. The molecule has 0 saturated carbocycles. The molecule has 1 rings (SSSR count). The number of anilines is 1. The van der Waals surface area contributed by atoms with E-state index in [1.165, 1.54) is 14.2 Å². The molecule has 6 nitrogen and oxygen atoms in total. The van der Waals surface area contributed by atoms with Gasteiger partial charge in [-0.05, 0) is 30.7 Å². The van der Waals surface area contributed by atoms with Gasteiger partial charge in [0.15, 0.2) is 0 Å². The first-order chi connectivity index (χ1) is 9.24. The lowest BCUT2D eigenvalue weighted by atomic mass is 10.2. The van der Waals surface area contributed by atoms with Gasteiger partial charge in [0.1, 0.15) is 0 Å². The fourth-order valence-electron chi connectivity index (χ4n) is 1.49. The fourth-order valence-corrected chi connectivity index (χ4v) is 3.00. The van der Waals surface area contributed by atoms with Crippen LogP contribution in [0.5, 0.6) is 0 Å². The van der Waals surface area contributed by atoms with Gasteiger partial charge in [-0.1, -0.05) is 15.9 Å². The Morgan fingerprint density at radius 1 is 1.40 bits per heavy atom. The van der Waals surface area contributed by atoms with Gasteiger partial charge in [-0.25, -0.2) is 0 Å². The van der Waals surface area contributed by atoms with E-state index in [1.807, 2.05) is 13.0 Å². The molecule has 0 bridgehead atoms. The van der Waals surface area contributed by atoms with Crippen LogP contribution in [0.4, 0.5) is 5.69 Å². The van der Waals surface area contributed by atoms with Gasteiger partial charge in [0.2, 0.25) is 0 Å². The van der Waals surface area contributed by atoms with Crippen molar-refractivity contribution in [3.63, 3.8) is 0 Å². The van der Waals surface area contributed by atoms with E-state index in [1.54, 1.807) is 12.1 Å². The highest BCUT2D eigenvalue weighted by Gasteiger charge is 2.18. The number of hydrogen-bond donors (Lipinski definition) is 1. The molecule has 20 heavy (non-hydrogen) atoms. The SMILES string of the molecule is COC(=O)CCN(C)S(=O)(=O)Nc1cc(C)cc(Br)c1. The van der Waals surface area contributed by atoms with Crippen molar-refractivity contribution >= 4 is 37.8 Å². The average molecular weight is 365 g/mol. The van der Waals surface area contributed by atoms with Crippen LogP contribution in [0.3, 0.4) is 0 Å². The van der Waals surface area contributed by atoms with E-state index < -0.39 is 16.2 Å². The molecule has 1 aromatic rings. The van der Waals surface area contributed by atoms with Crippen LogP contribution in [-0.4, -0.2) is 39.4 Å². The molecule has 0 fully saturated rings. The van der Waals surface area contributed by atoms with Crippen molar-refractivity contribution in [1.29, 1.82) is 0 Å². The average Bonchev–Trinajstić information content (AvgIpc) is 2.33. The number of nitrogens with one attached hydrogen (secondary N) is 1. The van der Waals surface area contributed by atoms with Gasteiger partial charge >= 0.3 is 16.2 Å². The maximum atomic E-state index is 12.1. The van der Waals surface area contributed by atoms with Gasteiger partial charge < -0.3 is 4.74 Å². The zero-order valence-corrected chi connectivity index (χ0v) is 13.9. The number of aryl methyl sites for hydroxylation is 1. The third kappa shape index (κ3) is 5.10. The van der Waals surface area contributed by atoms with Crippen molar-refractivity contribution in [3.05, 3.63) is 28.2 Å². The number of halogens is 1. The summed E-state index contributed by atoms with van der Waals surface area (Å²) < 4.78 is 32.9. The highest BCUT2D eigenvalue weighted by Crippen LogP contribution is 2.20. The number of methoxy groups -OCH3 is 1. The van der Waals surface area contributed by atoms with Crippen LogP contribution < -0.4 is 4.72 Å². The lowest BCUT2D eigenvalue weighted by Crippen LogP contribution is -2.34. The molecule has 0 aliphatic heterocycles. The van der Waals surface area contributed by atoms with E-state index in [0.29, 0.717) is 5.69 Å². The monoisotopic (exact) mass is 364 g/mol. The minimum Gasteiger partial charge on any atom is -0.469 e. The number of hydrogen-bond acceptors (Lipinski definition) is 4. The lowest BCUT2D eigenvalue weighted by molar-refractivity contribution is -0.140. The Morgan fingerprint density at radius 2 is 2.05 bits per heavy atom. The third-order valence-corrected chi connectivity index (χ3v) is 4.51. The first-order valence-electron chi connectivity index (χ1n) is 5.82. The molecular formula is C12H17BrN2O4S. The molecule has 0 unspecified atom stereocenters. The molecule has 1 N–H and O–H groups in total. The summed E-state index contributed by atoms with van der Waals surface area (Å²) in [5.41, 5.74) is 1.39. The zero-order chi connectivity index (χ0) is 15.3. The van der Waals surface area contributed by atoms with Crippen LogP contribution in [0.15, 0.2) is 22.7 Å². The summed E-state index contributed by atoms with van der Waals surface area (Å²) in [6.45, 7) is 1.92. The number of rotatable bonds is 6. The van der Waals surface area contributed by atoms with Crippen LogP contribution in [0, 0.1) is 6.92 Å². The second kappa shape index (κ2) is 7.05. The number of carbonyl (C=O) groups excluding carboxylic acids is 1. The molecule has 0 aromatic heterocycles. The summed E-state index contributed by atoms with van der Waals surface area (Å²) in [5, 5.41) is 0. The maximum Gasteiger partial charge on any atom is 0.306 e. The van der Waals surface area contributed by atoms with Gasteiger partial charge in [-0.15, -0.1) is 0 Å². The maximum absolute atomic E-state index is 12.1. The summed E-state index contributed by atoms with van der Waals surface area (Å²) in [6, 6.07) is 5.26. The molecule has 8 heteroatoms. The van der Waals surface area contributed by atoms with Crippen LogP contribution in [0.2, 0.25) is 0 Å². The molecule has 0 aliphatic carbocycles. The van der Waals surface area contributed by atoms with Gasteiger partial charge in [0, 0.05) is 18.1 Å². The van der Waals surface area contributed by atoms with Gasteiger partial charge in [-0.3, -0.25) is 9.52 Å². The quantitative estimate of drug-likeness (QED) is 0.782. The van der Waals surface area contributed by atoms with Crippen LogP contribution in [0.25, 0.3) is 0 Å². The van der Waals surface area contributed by atoms with Gasteiger partial charge in [0.05, 0.1) is 19.2 Å². The summed E-state index contributed by atoms with van der Waals surface area (Å²) in [4.78, 5) is 11.0. The molecule has 0 atom stereocenters. The third-order valence-electron chi connectivity index (χ3n) is 2.56. The Hall–Kier alpha value is -1.12. The number of nitrogens with zero attached hydrogens (tertiary/aromatic N) is 1. The van der Waals surface area contributed by atoms with Crippen molar-refractivity contribution in [2.45, 2.75) is 13.3 Å². The van der Waals surface area contributed by atoms with Crippen LogP contribution in [-0.2, 0) is 19.7 Å². The van der Waals surface area contributed by atoms with Crippen molar-refractivity contribution in [2.24, 2.45) is 0 Å². The van der Waals surface area contributed by atoms with Gasteiger partial charge in [-0.2, -0.15) is 12.7 Å². The van der Waals surface area contributed by atoms with Crippen molar-refractivity contribution in [1.82, 2.24) is 4.31 Å². The number of esters is 1. The molecule has 0 spiro atoms. The Balaban J connectivity index is 2.75. The van der Waals surface area contributed by atoms with E-state index in [2.05, 4.69) is 25.4 Å². The van der Waals surface area contributed by atoms with Crippen molar-refractivity contribution < 1.29 is 17.9 Å². The molecule has 0 saturated heterocycles. The second-order valence-corrected chi connectivity index (χ2v) is 6.97. The molecular weight excluding hydrogens is 348 g/mol. The van der Waals surface area contributed by atoms with Crippen molar-refractivity contribution in [2.75, 3.05) is 25.4 Å². The minimum absolute atomic E-state index is 0.00538. The topological polar surface area (TPSA) is 75.7 Å². The van der Waals surface area contributed by atoms with Crippen LogP contribution >= 0.6 is 15.9 Å². The smallest absolute Gasteiger partial charge is 0.306 e. The summed E-state index contributed by atoms with van der Waals surface area (Å²) in [6.07, 6.45) is 0.00538. The molecule has 0 amide bonds. The highest BCUT2D eigenvalue weighted by molar-refractivity contribution is 9.10. The lowest BCUT2D eigenvalue weighted by Gasteiger charge is -2.18. The highest BCUT2D eigenvalue weighted by atomic mass is 79.9. The number of carbonyl (C=O) groups is 1. The first-order valence-corrected chi connectivity index (χ1v) is 8.06. The molecule has 0 heterocycles. The predicted octanol–water partition coefficient (Wildman–Crippen LogP) is 1.91. The normalized spacial score (nSPS) is 11.4. The largest absolute Gasteiger partial charge is 0.469 e. The minimum atomic E-state index is -3.70. The van der Waals surface area contributed by atoms with E-state index in [4.69, 9.17) is 0 Å². The van der Waals surface area contributed by atoms with Gasteiger partial charge in [0.25, 0.3) is 0 Å².